The molecule has 190 valence electrons. The van der Waals surface area contributed by atoms with Gasteiger partial charge in [-0.25, -0.2) is 0 Å². The maximum absolute atomic E-state index is 12.5. The van der Waals surface area contributed by atoms with E-state index in [4.69, 9.17) is 28.3 Å². The van der Waals surface area contributed by atoms with Gasteiger partial charge in [0.15, 0.2) is 0 Å². The van der Waals surface area contributed by atoms with Crippen LogP contribution in [0, 0.1) is 0 Å². The molecule has 37 heavy (non-hydrogen) atoms. The van der Waals surface area contributed by atoms with Crippen molar-refractivity contribution < 1.29 is 9.90 Å². The summed E-state index contributed by atoms with van der Waals surface area (Å²) in [4.78, 5) is 28.4. The van der Waals surface area contributed by atoms with Crippen molar-refractivity contribution in [1.82, 2.24) is 9.88 Å². The number of hydrogen-bond donors (Lipinski definition) is 3. The highest BCUT2D eigenvalue weighted by atomic mass is 35.5. The summed E-state index contributed by atoms with van der Waals surface area (Å²) in [5, 5.41) is 14.9. The third-order valence-electron chi connectivity index (χ3n) is 6.91. The number of likely N-dealkylation sites (tertiary alicyclic amines) is 1. The average Bonchev–Trinajstić information content (AvgIpc) is 2.87. The molecule has 1 aromatic heterocycles. The lowest BCUT2D eigenvalue weighted by molar-refractivity contribution is -0.138. The fourth-order valence-electron chi connectivity index (χ4n) is 5.10. The molecular formula is C29H27Cl2N3O3. The van der Waals surface area contributed by atoms with Crippen LogP contribution in [0.15, 0.2) is 77.6 Å². The van der Waals surface area contributed by atoms with E-state index in [-0.39, 0.29) is 24.1 Å². The first-order chi connectivity index (χ1) is 17.9. The fourth-order valence-corrected chi connectivity index (χ4v) is 5.36. The van der Waals surface area contributed by atoms with Crippen LogP contribution in [0.3, 0.4) is 0 Å². The van der Waals surface area contributed by atoms with E-state index < -0.39 is 5.97 Å². The molecule has 1 aliphatic heterocycles. The second-order valence-corrected chi connectivity index (χ2v) is 10.3. The molecule has 1 fully saturated rings. The largest absolute Gasteiger partial charge is 0.480 e. The van der Waals surface area contributed by atoms with Gasteiger partial charge >= 0.3 is 5.97 Å². The molecule has 1 saturated heterocycles. The number of carboxylic acids is 1. The Bertz CT molecular complexity index is 1420. The summed E-state index contributed by atoms with van der Waals surface area (Å²) < 4.78 is 0. The zero-order valence-electron chi connectivity index (χ0n) is 20.1. The zero-order chi connectivity index (χ0) is 25.9. The smallest absolute Gasteiger partial charge is 0.317 e. The number of H-pyrrole nitrogens is 1. The van der Waals surface area contributed by atoms with Gasteiger partial charge in [-0.1, -0.05) is 53.5 Å². The van der Waals surface area contributed by atoms with Gasteiger partial charge in [0.25, 0.3) is 0 Å². The minimum absolute atomic E-state index is 0.0563. The molecule has 3 N–H and O–H groups in total. The van der Waals surface area contributed by atoms with E-state index >= 15 is 0 Å². The summed E-state index contributed by atoms with van der Waals surface area (Å²) in [5.41, 5.74) is 4.63. The molecular weight excluding hydrogens is 509 g/mol. The molecule has 0 amide bonds. The number of aliphatic carboxylic acids is 1. The van der Waals surface area contributed by atoms with Crippen molar-refractivity contribution in [3.63, 3.8) is 0 Å². The molecule has 4 aromatic rings. The van der Waals surface area contributed by atoms with E-state index in [0.717, 1.165) is 46.1 Å². The van der Waals surface area contributed by atoms with E-state index in [2.05, 4.69) is 16.4 Å². The van der Waals surface area contributed by atoms with Crippen LogP contribution in [0.5, 0.6) is 0 Å². The van der Waals surface area contributed by atoms with Crippen molar-refractivity contribution in [1.29, 1.82) is 0 Å². The molecule has 0 spiro atoms. The highest BCUT2D eigenvalue weighted by molar-refractivity contribution is 6.30. The Morgan fingerprint density at radius 1 is 0.919 bits per heavy atom. The minimum Gasteiger partial charge on any atom is -0.480 e. The molecule has 3 aromatic carbocycles. The summed E-state index contributed by atoms with van der Waals surface area (Å²) in [5.74, 6) is -0.867. The lowest BCUT2D eigenvalue weighted by Crippen LogP contribution is -2.41. The van der Waals surface area contributed by atoms with Gasteiger partial charge in [-0.3, -0.25) is 14.5 Å². The number of piperidine rings is 1. The molecule has 0 unspecified atom stereocenters. The predicted molar refractivity (Wildman–Crippen MR) is 149 cm³/mol. The first kappa shape index (κ1) is 25.3. The predicted octanol–water partition coefficient (Wildman–Crippen LogP) is 5.98. The molecule has 8 heteroatoms. The summed E-state index contributed by atoms with van der Waals surface area (Å²) in [7, 11) is 0. The van der Waals surface area contributed by atoms with Gasteiger partial charge in [0, 0.05) is 52.2 Å². The van der Waals surface area contributed by atoms with Gasteiger partial charge in [-0.2, -0.15) is 0 Å². The number of nitrogens with zero attached hydrogens (tertiary/aromatic N) is 1. The minimum atomic E-state index is -0.810. The molecule has 0 radical (unpaired) electrons. The SMILES string of the molecule is O=C(O)CN1CCC(Nc2cc(=O)[nH]c3ccc(C(c4ccc(Cl)cc4)c4ccc(Cl)cc4)cc23)CC1. The van der Waals surface area contributed by atoms with Crippen LogP contribution in [0.1, 0.15) is 35.4 Å². The van der Waals surface area contributed by atoms with E-state index in [0.29, 0.717) is 23.1 Å². The standard InChI is InChI=1S/C29H27Cl2N3O3/c30-21-6-1-18(2-7-21)29(19-3-8-22(31)9-4-19)20-5-10-25-24(15-20)26(16-27(35)33-25)32-23-11-13-34(14-12-23)17-28(36)37/h1-10,15-16,23,29H,11-14,17H2,(H,36,37)(H2,32,33,35). The van der Waals surface area contributed by atoms with Crippen molar-refractivity contribution in [3.05, 3.63) is 110 Å². The summed E-state index contributed by atoms with van der Waals surface area (Å²) in [6.07, 6.45) is 1.61. The lowest BCUT2D eigenvalue weighted by Gasteiger charge is -2.32. The highest BCUT2D eigenvalue weighted by Crippen LogP contribution is 2.36. The van der Waals surface area contributed by atoms with Crippen LogP contribution in [0.4, 0.5) is 5.69 Å². The van der Waals surface area contributed by atoms with Gasteiger partial charge in [0.2, 0.25) is 5.56 Å². The Morgan fingerprint density at radius 2 is 1.49 bits per heavy atom. The van der Waals surface area contributed by atoms with E-state index in [9.17, 15) is 9.59 Å². The number of carbonyl (C=O) groups is 1. The van der Waals surface area contributed by atoms with Crippen LogP contribution in [0.2, 0.25) is 10.0 Å². The molecule has 0 atom stereocenters. The highest BCUT2D eigenvalue weighted by Gasteiger charge is 2.22. The lowest BCUT2D eigenvalue weighted by atomic mass is 9.84. The van der Waals surface area contributed by atoms with E-state index in [1.54, 1.807) is 6.07 Å². The number of fused-ring (bicyclic) bond motifs is 1. The Kier molecular flexibility index (Phi) is 7.51. The second-order valence-electron chi connectivity index (χ2n) is 9.48. The number of aromatic nitrogens is 1. The molecule has 0 saturated carbocycles. The van der Waals surface area contributed by atoms with Gasteiger partial charge in [-0.15, -0.1) is 0 Å². The van der Waals surface area contributed by atoms with Crippen LogP contribution < -0.4 is 10.9 Å². The number of aromatic amines is 1. The summed E-state index contributed by atoms with van der Waals surface area (Å²) in [6, 6.07) is 23.6. The number of hydrogen-bond acceptors (Lipinski definition) is 4. The number of pyridine rings is 1. The number of benzene rings is 3. The van der Waals surface area contributed by atoms with Crippen molar-refractivity contribution in [3.8, 4) is 0 Å². The van der Waals surface area contributed by atoms with Gasteiger partial charge < -0.3 is 15.4 Å². The normalized spacial score (nSPS) is 14.8. The van der Waals surface area contributed by atoms with Crippen molar-refractivity contribution in [2.24, 2.45) is 0 Å². The Hall–Kier alpha value is -3.32. The Labute approximate surface area is 224 Å². The third-order valence-corrected chi connectivity index (χ3v) is 7.42. The molecule has 6 nitrogen and oxygen atoms in total. The molecule has 0 aliphatic carbocycles. The van der Waals surface area contributed by atoms with Crippen LogP contribution in [-0.4, -0.2) is 46.6 Å². The number of carboxylic acid groups (broad SMARTS) is 1. The number of nitrogens with one attached hydrogen (secondary N) is 2. The summed E-state index contributed by atoms with van der Waals surface area (Å²) in [6.45, 7) is 1.46. The zero-order valence-corrected chi connectivity index (χ0v) is 21.6. The molecule has 1 aliphatic rings. The summed E-state index contributed by atoms with van der Waals surface area (Å²) >= 11 is 12.4. The average molecular weight is 536 g/mol. The van der Waals surface area contributed by atoms with Crippen LogP contribution in [0.25, 0.3) is 10.9 Å². The maximum atomic E-state index is 12.5. The number of halogens is 2. The first-order valence-corrected chi connectivity index (χ1v) is 13.0. The van der Waals surface area contributed by atoms with Crippen molar-refractivity contribution in [2.75, 3.05) is 25.0 Å². The number of rotatable bonds is 7. The topological polar surface area (TPSA) is 85.4 Å². The molecule has 5 rings (SSSR count). The molecule has 0 bridgehead atoms. The van der Waals surface area contributed by atoms with Crippen LogP contribution >= 0.6 is 23.2 Å². The van der Waals surface area contributed by atoms with Gasteiger partial charge in [-0.05, 0) is 65.9 Å². The molecule has 2 heterocycles. The maximum Gasteiger partial charge on any atom is 0.317 e. The number of anilines is 1. The van der Waals surface area contributed by atoms with E-state index in [1.165, 1.54) is 0 Å². The fraction of sp³-hybridized carbons (Fsp3) is 0.241. The third kappa shape index (κ3) is 5.99. The van der Waals surface area contributed by atoms with Crippen LogP contribution in [-0.2, 0) is 4.79 Å². The van der Waals surface area contributed by atoms with Crippen molar-refractivity contribution in [2.45, 2.75) is 24.8 Å². The quantitative estimate of drug-likeness (QED) is 0.253. The Morgan fingerprint density at radius 3 is 2.05 bits per heavy atom. The Balaban J connectivity index is 1.51. The second kappa shape index (κ2) is 11.0. The van der Waals surface area contributed by atoms with Gasteiger partial charge in [0.05, 0.1) is 12.1 Å². The van der Waals surface area contributed by atoms with Crippen molar-refractivity contribution >= 4 is 45.8 Å². The van der Waals surface area contributed by atoms with E-state index in [1.807, 2.05) is 65.6 Å². The monoisotopic (exact) mass is 535 g/mol. The first-order valence-electron chi connectivity index (χ1n) is 12.2. The van der Waals surface area contributed by atoms with Gasteiger partial charge in [0.1, 0.15) is 0 Å².